The van der Waals surface area contributed by atoms with Crippen molar-refractivity contribution < 1.29 is 14.3 Å². The molecule has 2 N–H and O–H groups in total. The zero-order valence-electron chi connectivity index (χ0n) is 18.0. The zero-order valence-corrected chi connectivity index (χ0v) is 18.8. The van der Waals surface area contributed by atoms with Crippen LogP contribution in [0.25, 0.3) is 0 Å². The van der Waals surface area contributed by atoms with Gasteiger partial charge in [0.1, 0.15) is 11.6 Å². The summed E-state index contributed by atoms with van der Waals surface area (Å²) in [5, 5.41) is 6.01. The maximum Gasteiger partial charge on any atom is 0.408 e. The summed E-state index contributed by atoms with van der Waals surface area (Å²) in [6.07, 6.45) is -0.407. The fraction of sp³-hybridized carbons (Fsp3) is 0.391. The number of amides is 2. The van der Waals surface area contributed by atoms with Crippen molar-refractivity contribution in [2.75, 3.05) is 5.32 Å². The number of aryl methyl sites for hydroxylation is 1. The van der Waals surface area contributed by atoms with Gasteiger partial charge in [0.25, 0.3) is 0 Å². The first-order valence-corrected chi connectivity index (χ1v) is 10.1. The van der Waals surface area contributed by atoms with E-state index in [1.54, 1.807) is 26.8 Å². The monoisotopic (exact) mass is 418 g/mol. The van der Waals surface area contributed by atoms with Crippen molar-refractivity contribution in [3.8, 4) is 0 Å². The van der Waals surface area contributed by atoms with Crippen LogP contribution in [0.5, 0.6) is 0 Å². The Hall–Kier alpha value is -2.53. The number of halogens is 1. The second-order valence-electron chi connectivity index (χ2n) is 7.35. The number of rotatable bonds is 5. The summed E-state index contributed by atoms with van der Waals surface area (Å²) >= 11 is 6.22. The molecule has 2 aromatic rings. The lowest BCUT2D eigenvalue weighted by molar-refractivity contribution is -0.118. The van der Waals surface area contributed by atoms with Gasteiger partial charge in [0.05, 0.1) is 0 Å². The standard InChI is InChI=1S/C21H25ClN2O3.C2H6/c1-14-9-11-16(12-10-14)23-19(25)18(24-20(26)27-21(2,3)4)13-15-7-5-6-8-17(15)22;1-2/h5-12,18H,13H2,1-4H3,(H,23,25)(H,24,26);1-2H3. The molecular formula is C23H31ClN2O3. The van der Waals surface area contributed by atoms with Crippen LogP contribution in [0.4, 0.5) is 10.5 Å². The van der Waals surface area contributed by atoms with Crippen molar-refractivity contribution in [2.45, 2.75) is 59.6 Å². The third kappa shape index (κ3) is 9.01. The molecule has 158 valence electrons. The number of alkyl carbamates (subject to hydrolysis) is 1. The van der Waals surface area contributed by atoms with Crippen molar-refractivity contribution in [1.82, 2.24) is 5.32 Å². The van der Waals surface area contributed by atoms with Crippen LogP contribution in [0.2, 0.25) is 5.02 Å². The van der Waals surface area contributed by atoms with E-state index in [2.05, 4.69) is 10.6 Å². The van der Waals surface area contributed by atoms with Crippen molar-refractivity contribution in [3.63, 3.8) is 0 Å². The number of ether oxygens (including phenoxy) is 1. The minimum atomic E-state index is -0.832. The molecule has 29 heavy (non-hydrogen) atoms. The number of benzene rings is 2. The number of carbonyl (C=O) groups is 2. The van der Waals surface area contributed by atoms with E-state index in [1.807, 2.05) is 63.2 Å². The van der Waals surface area contributed by atoms with Gasteiger partial charge in [-0.1, -0.05) is 61.3 Å². The maximum absolute atomic E-state index is 12.8. The minimum Gasteiger partial charge on any atom is -0.444 e. The van der Waals surface area contributed by atoms with E-state index >= 15 is 0 Å². The quantitative estimate of drug-likeness (QED) is 0.649. The van der Waals surface area contributed by atoms with Gasteiger partial charge in [-0.2, -0.15) is 0 Å². The average Bonchev–Trinajstić information content (AvgIpc) is 2.65. The highest BCUT2D eigenvalue weighted by atomic mass is 35.5. The van der Waals surface area contributed by atoms with Gasteiger partial charge in [0, 0.05) is 17.1 Å². The highest BCUT2D eigenvalue weighted by Crippen LogP contribution is 2.18. The summed E-state index contributed by atoms with van der Waals surface area (Å²) in [5.74, 6) is -0.343. The molecule has 2 aromatic carbocycles. The summed E-state index contributed by atoms with van der Waals surface area (Å²) in [5.41, 5.74) is 1.85. The van der Waals surface area contributed by atoms with Gasteiger partial charge in [-0.3, -0.25) is 4.79 Å². The molecule has 0 saturated carbocycles. The van der Waals surface area contributed by atoms with Gasteiger partial charge < -0.3 is 15.4 Å². The van der Waals surface area contributed by atoms with Crippen LogP contribution < -0.4 is 10.6 Å². The lowest BCUT2D eigenvalue weighted by Crippen LogP contribution is -2.47. The third-order valence-electron chi connectivity index (χ3n) is 3.71. The van der Waals surface area contributed by atoms with Crippen molar-refractivity contribution in [3.05, 3.63) is 64.7 Å². The van der Waals surface area contributed by atoms with E-state index < -0.39 is 17.7 Å². The lowest BCUT2D eigenvalue weighted by Gasteiger charge is -2.23. The van der Waals surface area contributed by atoms with Crippen molar-refractivity contribution >= 4 is 29.3 Å². The normalized spacial score (nSPS) is 11.6. The van der Waals surface area contributed by atoms with Crippen LogP contribution in [-0.2, 0) is 16.0 Å². The van der Waals surface area contributed by atoms with Gasteiger partial charge in [-0.15, -0.1) is 0 Å². The molecule has 0 aliphatic heterocycles. The second kappa shape index (κ2) is 11.5. The molecule has 2 rings (SSSR count). The van der Waals surface area contributed by atoms with E-state index in [1.165, 1.54) is 0 Å². The molecule has 0 fully saturated rings. The van der Waals surface area contributed by atoms with Crippen LogP contribution >= 0.6 is 11.6 Å². The summed E-state index contributed by atoms with van der Waals surface area (Å²) in [4.78, 5) is 25.0. The Balaban J connectivity index is 0.00000204. The van der Waals surface area contributed by atoms with E-state index in [9.17, 15) is 9.59 Å². The number of nitrogens with one attached hydrogen (secondary N) is 2. The van der Waals surface area contributed by atoms with Crippen molar-refractivity contribution in [1.29, 1.82) is 0 Å². The molecular weight excluding hydrogens is 388 g/mol. The van der Waals surface area contributed by atoms with Crippen LogP contribution in [-0.4, -0.2) is 23.6 Å². The first-order valence-electron chi connectivity index (χ1n) is 9.74. The van der Waals surface area contributed by atoms with Crippen molar-refractivity contribution in [2.24, 2.45) is 0 Å². The SMILES string of the molecule is CC.Cc1ccc(NC(=O)C(Cc2ccccc2Cl)NC(=O)OC(C)(C)C)cc1. The molecule has 1 atom stereocenters. The number of hydrogen-bond acceptors (Lipinski definition) is 3. The number of anilines is 1. The molecule has 6 heteroatoms. The predicted molar refractivity (Wildman–Crippen MR) is 119 cm³/mol. The average molecular weight is 419 g/mol. The van der Waals surface area contributed by atoms with Gasteiger partial charge in [0.15, 0.2) is 0 Å². The molecule has 0 saturated heterocycles. The Morgan fingerprint density at radius 3 is 2.17 bits per heavy atom. The van der Waals surface area contributed by atoms with Gasteiger partial charge in [-0.25, -0.2) is 4.79 Å². The highest BCUT2D eigenvalue weighted by Gasteiger charge is 2.25. The van der Waals surface area contributed by atoms with Crippen LogP contribution in [0.15, 0.2) is 48.5 Å². The Bertz CT molecular complexity index is 799. The molecule has 0 aliphatic carbocycles. The van der Waals surface area contributed by atoms with Crippen LogP contribution in [0.3, 0.4) is 0 Å². The molecule has 5 nitrogen and oxygen atoms in total. The van der Waals surface area contributed by atoms with E-state index in [0.717, 1.165) is 11.1 Å². The molecule has 2 amide bonds. The smallest absolute Gasteiger partial charge is 0.408 e. The second-order valence-corrected chi connectivity index (χ2v) is 7.76. The molecule has 0 aliphatic rings. The minimum absolute atomic E-state index is 0.247. The topological polar surface area (TPSA) is 67.4 Å². The van der Waals surface area contributed by atoms with Crippen LogP contribution in [0, 0.1) is 6.92 Å². The Labute approximate surface area is 178 Å². The Kier molecular flexibility index (Phi) is 9.69. The predicted octanol–water partition coefficient (Wildman–Crippen LogP) is 5.75. The maximum atomic E-state index is 12.8. The van der Waals surface area contributed by atoms with E-state index in [-0.39, 0.29) is 12.3 Å². The molecule has 1 unspecified atom stereocenters. The van der Waals surface area contributed by atoms with Gasteiger partial charge in [-0.05, 0) is 51.5 Å². The Morgan fingerprint density at radius 2 is 1.62 bits per heavy atom. The first-order chi connectivity index (χ1) is 13.6. The van der Waals surface area contributed by atoms with Gasteiger partial charge >= 0.3 is 6.09 Å². The largest absolute Gasteiger partial charge is 0.444 e. The third-order valence-corrected chi connectivity index (χ3v) is 4.08. The summed E-state index contributed by atoms with van der Waals surface area (Å²) in [6, 6.07) is 13.8. The Morgan fingerprint density at radius 1 is 1.03 bits per heavy atom. The summed E-state index contributed by atoms with van der Waals surface area (Å²) < 4.78 is 5.29. The zero-order chi connectivity index (χ0) is 22.0. The fourth-order valence-electron chi connectivity index (χ4n) is 2.41. The highest BCUT2D eigenvalue weighted by molar-refractivity contribution is 6.31. The number of hydrogen-bond donors (Lipinski definition) is 2. The fourth-order valence-corrected chi connectivity index (χ4v) is 2.62. The number of carbonyl (C=O) groups excluding carboxylic acids is 2. The summed E-state index contributed by atoms with van der Waals surface area (Å²) in [6.45, 7) is 11.3. The first kappa shape index (κ1) is 24.5. The van der Waals surface area contributed by atoms with Crippen LogP contribution in [0.1, 0.15) is 45.7 Å². The van der Waals surface area contributed by atoms with E-state index in [4.69, 9.17) is 16.3 Å². The molecule has 0 heterocycles. The molecule has 0 spiro atoms. The van der Waals surface area contributed by atoms with E-state index in [0.29, 0.717) is 10.7 Å². The van der Waals surface area contributed by atoms with Gasteiger partial charge in [0.2, 0.25) is 5.91 Å². The molecule has 0 aromatic heterocycles. The lowest BCUT2D eigenvalue weighted by atomic mass is 10.0. The molecule has 0 bridgehead atoms. The molecule has 0 radical (unpaired) electrons. The summed E-state index contributed by atoms with van der Waals surface area (Å²) in [7, 11) is 0.